The Kier molecular flexibility index (Phi) is 4.29. The Balaban J connectivity index is 1.91. The standard InChI is InChI=1S/C17H18N4O2/c18-11-12-9-15(19-13-5-1-2-6-13)10-16(17(12)21(22)23)20-14-7-3-4-8-14/h1-4,9-10,13-14,19-20H,5-8H2. The van der Waals surface area contributed by atoms with Gasteiger partial charge in [0.2, 0.25) is 0 Å². The number of rotatable bonds is 5. The minimum Gasteiger partial charge on any atom is -0.382 e. The zero-order valence-electron chi connectivity index (χ0n) is 12.7. The van der Waals surface area contributed by atoms with E-state index >= 15 is 0 Å². The third-order valence-electron chi connectivity index (χ3n) is 4.16. The van der Waals surface area contributed by atoms with E-state index in [1.54, 1.807) is 12.1 Å². The van der Waals surface area contributed by atoms with E-state index in [4.69, 9.17) is 0 Å². The molecule has 0 saturated carbocycles. The molecule has 0 saturated heterocycles. The smallest absolute Gasteiger partial charge is 0.310 e. The number of nitriles is 1. The number of nitro groups is 1. The van der Waals surface area contributed by atoms with Gasteiger partial charge < -0.3 is 10.6 Å². The lowest BCUT2D eigenvalue weighted by molar-refractivity contribution is -0.384. The van der Waals surface area contributed by atoms with E-state index in [2.05, 4.69) is 34.9 Å². The largest absolute Gasteiger partial charge is 0.382 e. The van der Waals surface area contributed by atoms with E-state index in [1.807, 2.05) is 6.07 Å². The topological polar surface area (TPSA) is 91.0 Å². The molecule has 0 spiro atoms. The summed E-state index contributed by atoms with van der Waals surface area (Å²) in [5, 5.41) is 27.3. The van der Waals surface area contributed by atoms with Crippen LogP contribution in [0.3, 0.4) is 0 Å². The molecule has 0 aliphatic heterocycles. The molecule has 118 valence electrons. The Bertz CT molecular complexity index is 702. The maximum atomic E-state index is 11.4. The summed E-state index contributed by atoms with van der Waals surface area (Å²) in [5.74, 6) is 0. The maximum Gasteiger partial charge on any atom is 0.310 e. The van der Waals surface area contributed by atoms with Crippen LogP contribution < -0.4 is 10.6 Å². The Labute approximate surface area is 134 Å². The van der Waals surface area contributed by atoms with Crippen LogP contribution in [0.5, 0.6) is 0 Å². The van der Waals surface area contributed by atoms with E-state index in [0.717, 1.165) is 31.4 Å². The summed E-state index contributed by atoms with van der Waals surface area (Å²) in [5.41, 5.74) is 1.10. The predicted octanol–water partition coefficient (Wildman–Crippen LogP) is 3.73. The molecule has 0 bridgehead atoms. The molecule has 0 radical (unpaired) electrons. The summed E-state index contributed by atoms with van der Waals surface area (Å²) < 4.78 is 0. The van der Waals surface area contributed by atoms with E-state index in [0.29, 0.717) is 5.69 Å². The van der Waals surface area contributed by atoms with Crippen molar-refractivity contribution in [2.75, 3.05) is 10.6 Å². The molecule has 3 rings (SSSR count). The highest BCUT2D eigenvalue weighted by atomic mass is 16.6. The van der Waals surface area contributed by atoms with Crippen molar-refractivity contribution in [1.29, 1.82) is 5.26 Å². The minimum absolute atomic E-state index is 0.0828. The summed E-state index contributed by atoms with van der Waals surface area (Å²) >= 11 is 0. The van der Waals surface area contributed by atoms with Crippen LogP contribution in [0.1, 0.15) is 31.2 Å². The highest BCUT2D eigenvalue weighted by Gasteiger charge is 2.24. The second kappa shape index (κ2) is 6.53. The third kappa shape index (κ3) is 3.34. The van der Waals surface area contributed by atoms with Gasteiger partial charge in [0, 0.05) is 17.8 Å². The number of anilines is 2. The SMILES string of the molecule is N#Cc1cc(NC2CC=CC2)cc(NC2CC=CC2)c1[N+](=O)[O-]. The highest BCUT2D eigenvalue weighted by molar-refractivity contribution is 5.75. The molecular formula is C17H18N4O2. The second-order valence-corrected chi connectivity index (χ2v) is 5.86. The Hall–Kier alpha value is -2.81. The molecule has 6 nitrogen and oxygen atoms in total. The van der Waals surface area contributed by atoms with Crippen molar-refractivity contribution in [3.8, 4) is 6.07 Å². The highest BCUT2D eigenvalue weighted by Crippen LogP contribution is 2.34. The molecule has 0 unspecified atom stereocenters. The number of nitro benzene ring substituents is 1. The molecule has 0 atom stereocenters. The lowest BCUT2D eigenvalue weighted by Crippen LogP contribution is -2.18. The van der Waals surface area contributed by atoms with Crippen LogP contribution in [0, 0.1) is 21.4 Å². The van der Waals surface area contributed by atoms with Crippen molar-refractivity contribution < 1.29 is 4.92 Å². The molecule has 0 aromatic heterocycles. The van der Waals surface area contributed by atoms with Gasteiger partial charge in [-0.1, -0.05) is 24.3 Å². The fourth-order valence-corrected chi connectivity index (χ4v) is 3.04. The molecule has 6 heteroatoms. The van der Waals surface area contributed by atoms with Crippen molar-refractivity contribution in [3.05, 3.63) is 52.1 Å². The normalized spacial score (nSPS) is 17.3. The molecule has 2 aliphatic carbocycles. The van der Waals surface area contributed by atoms with Gasteiger partial charge in [-0.25, -0.2) is 0 Å². The van der Waals surface area contributed by atoms with Gasteiger partial charge >= 0.3 is 5.69 Å². The van der Waals surface area contributed by atoms with Crippen LogP contribution in [-0.4, -0.2) is 17.0 Å². The average Bonchev–Trinajstić information content (AvgIpc) is 3.20. The van der Waals surface area contributed by atoms with Crippen molar-refractivity contribution in [2.45, 2.75) is 37.8 Å². The number of nitrogens with zero attached hydrogens (tertiary/aromatic N) is 2. The fraction of sp³-hybridized carbons (Fsp3) is 0.353. The molecule has 0 heterocycles. The van der Waals surface area contributed by atoms with Crippen LogP contribution in [0.2, 0.25) is 0 Å². The van der Waals surface area contributed by atoms with Crippen LogP contribution in [0.4, 0.5) is 17.1 Å². The molecule has 0 fully saturated rings. The Morgan fingerprint density at radius 1 is 1.04 bits per heavy atom. The first-order valence-electron chi connectivity index (χ1n) is 7.73. The summed E-state index contributed by atoms with van der Waals surface area (Å²) in [4.78, 5) is 10.9. The molecule has 2 aliphatic rings. The van der Waals surface area contributed by atoms with Gasteiger partial charge in [0.05, 0.1) is 4.92 Å². The average molecular weight is 310 g/mol. The van der Waals surface area contributed by atoms with Gasteiger partial charge in [-0.05, 0) is 37.8 Å². The quantitative estimate of drug-likeness (QED) is 0.491. The number of hydrogen-bond donors (Lipinski definition) is 2. The van der Waals surface area contributed by atoms with Gasteiger partial charge in [-0.3, -0.25) is 10.1 Å². The maximum absolute atomic E-state index is 11.4. The van der Waals surface area contributed by atoms with Crippen LogP contribution in [0.25, 0.3) is 0 Å². The molecule has 0 amide bonds. The van der Waals surface area contributed by atoms with Crippen molar-refractivity contribution in [2.24, 2.45) is 0 Å². The van der Waals surface area contributed by atoms with Crippen LogP contribution >= 0.6 is 0 Å². The van der Waals surface area contributed by atoms with Crippen LogP contribution in [0.15, 0.2) is 36.4 Å². The van der Waals surface area contributed by atoms with E-state index in [-0.39, 0.29) is 23.3 Å². The van der Waals surface area contributed by atoms with Crippen LogP contribution in [-0.2, 0) is 0 Å². The third-order valence-corrected chi connectivity index (χ3v) is 4.16. The van der Waals surface area contributed by atoms with Gasteiger partial charge in [-0.2, -0.15) is 5.26 Å². The molecule has 1 aromatic carbocycles. The Morgan fingerprint density at radius 3 is 2.13 bits per heavy atom. The first-order valence-corrected chi connectivity index (χ1v) is 7.73. The molecule has 1 aromatic rings. The fourth-order valence-electron chi connectivity index (χ4n) is 3.04. The molecule has 23 heavy (non-hydrogen) atoms. The second-order valence-electron chi connectivity index (χ2n) is 5.86. The van der Waals surface area contributed by atoms with E-state index < -0.39 is 4.92 Å². The number of hydrogen-bond acceptors (Lipinski definition) is 5. The zero-order chi connectivity index (χ0) is 16.2. The number of nitrogens with one attached hydrogen (secondary N) is 2. The van der Waals surface area contributed by atoms with Gasteiger partial charge in [-0.15, -0.1) is 0 Å². The minimum atomic E-state index is -0.482. The van der Waals surface area contributed by atoms with Crippen molar-refractivity contribution in [3.63, 3.8) is 0 Å². The summed E-state index contributed by atoms with van der Waals surface area (Å²) in [7, 11) is 0. The van der Waals surface area contributed by atoms with Gasteiger partial charge in [0.15, 0.2) is 0 Å². The van der Waals surface area contributed by atoms with E-state index in [9.17, 15) is 15.4 Å². The lowest BCUT2D eigenvalue weighted by Gasteiger charge is -2.18. The van der Waals surface area contributed by atoms with Gasteiger partial charge in [0.25, 0.3) is 0 Å². The Morgan fingerprint density at radius 2 is 1.61 bits per heavy atom. The van der Waals surface area contributed by atoms with E-state index in [1.165, 1.54) is 0 Å². The van der Waals surface area contributed by atoms with Gasteiger partial charge in [0.1, 0.15) is 17.3 Å². The van der Waals surface area contributed by atoms with Crippen molar-refractivity contribution >= 4 is 17.1 Å². The zero-order valence-corrected chi connectivity index (χ0v) is 12.7. The number of benzene rings is 1. The molecular weight excluding hydrogens is 292 g/mol. The molecule has 2 N–H and O–H groups in total. The summed E-state index contributed by atoms with van der Waals surface area (Å²) in [6.07, 6.45) is 11.9. The first kappa shape index (κ1) is 15.1. The van der Waals surface area contributed by atoms with Crippen molar-refractivity contribution in [1.82, 2.24) is 0 Å². The first-order chi connectivity index (χ1) is 11.2. The monoisotopic (exact) mass is 310 g/mol. The lowest BCUT2D eigenvalue weighted by atomic mass is 10.1. The summed E-state index contributed by atoms with van der Waals surface area (Å²) in [6, 6.07) is 5.69. The predicted molar refractivity (Wildman–Crippen MR) is 89.4 cm³/mol. The summed E-state index contributed by atoms with van der Waals surface area (Å²) in [6.45, 7) is 0.